The Morgan fingerprint density at radius 1 is 1.28 bits per heavy atom. The number of anilines is 1. The van der Waals surface area contributed by atoms with E-state index >= 15 is 0 Å². The van der Waals surface area contributed by atoms with Crippen LogP contribution in [0.2, 0.25) is 0 Å². The molecule has 98 valence electrons. The number of hydrogen-bond donors (Lipinski definition) is 2. The van der Waals surface area contributed by atoms with Gasteiger partial charge in [0.15, 0.2) is 0 Å². The highest BCUT2D eigenvalue weighted by Gasteiger charge is 2.15. The topological polar surface area (TPSA) is 41.1 Å². The molecule has 1 aliphatic carbocycles. The van der Waals surface area contributed by atoms with Crippen molar-refractivity contribution in [2.45, 2.75) is 45.1 Å². The molecule has 0 atom stereocenters. The minimum Gasteiger partial charge on any atom is -0.335 e. The Kier molecular flexibility index (Phi) is 4.18. The first-order chi connectivity index (χ1) is 8.65. The summed E-state index contributed by atoms with van der Waals surface area (Å²) >= 11 is 0. The normalized spacial score (nSPS) is 16.3. The lowest BCUT2D eigenvalue weighted by Gasteiger charge is -2.22. The third-order valence-electron chi connectivity index (χ3n) is 3.36. The van der Waals surface area contributed by atoms with Gasteiger partial charge in [-0.25, -0.2) is 9.18 Å². The molecule has 4 heteroatoms. The highest BCUT2D eigenvalue weighted by molar-refractivity contribution is 5.89. The Morgan fingerprint density at radius 2 is 2.00 bits per heavy atom. The van der Waals surface area contributed by atoms with E-state index < -0.39 is 0 Å². The lowest BCUT2D eigenvalue weighted by atomic mass is 9.96. The van der Waals surface area contributed by atoms with E-state index in [0.29, 0.717) is 11.3 Å². The molecule has 0 heterocycles. The maximum Gasteiger partial charge on any atom is 0.319 e. The fraction of sp³-hybridized carbons (Fsp3) is 0.500. The van der Waals surface area contributed by atoms with Gasteiger partial charge in [-0.1, -0.05) is 19.3 Å². The third-order valence-corrected chi connectivity index (χ3v) is 3.36. The fourth-order valence-electron chi connectivity index (χ4n) is 2.32. The Labute approximate surface area is 107 Å². The summed E-state index contributed by atoms with van der Waals surface area (Å²) in [5.74, 6) is -0.256. The van der Waals surface area contributed by atoms with Gasteiger partial charge in [0.2, 0.25) is 0 Å². The number of urea groups is 1. The average Bonchev–Trinajstić information content (AvgIpc) is 2.35. The Morgan fingerprint density at radius 3 is 2.67 bits per heavy atom. The van der Waals surface area contributed by atoms with E-state index in [1.165, 1.54) is 25.3 Å². The second-order valence-electron chi connectivity index (χ2n) is 4.90. The van der Waals surface area contributed by atoms with Crippen molar-refractivity contribution in [1.82, 2.24) is 5.32 Å². The first-order valence-electron chi connectivity index (χ1n) is 6.49. The molecule has 1 aliphatic rings. The van der Waals surface area contributed by atoms with Crippen molar-refractivity contribution in [3.8, 4) is 0 Å². The van der Waals surface area contributed by atoms with E-state index in [9.17, 15) is 9.18 Å². The van der Waals surface area contributed by atoms with Crippen LogP contribution in [0, 0.1) is 12.7 Å². The summed E-state index contributed by atoms with van der Waals surface area (Å²) in [6, 6.07) is 4.65. The summed E-state index contributed by atoms with van der Waals surface area (Å²) in [4.78, 5) is 11.8. The molecule has 0 spiro atoms. The third kappa shape index (κ3) is 3.45. The van der Waals surface area contributed by atoms with Crippen LogP contribution in [0.25, 0.3) is 0 Å². The standard InChI is InChI=1S/C14H19FN2O/c1-10-9-12(7-8-13(10)15)17-14(18)16-11-5-3-2-4-6-11/h7-9,11H,2-6H2,1H3,(H2,16,17,18). The van der Waals surface area contributed by atoms with Gasteiger partial charge in [-0.3, -0.25) is 0 Å². The summed E-state index contributed by atoms with van der Waals surface area (Å²) in [5.41, 5.74) is 1.16. The molecule has 0 bridgehead atoms. The second kappa shape index (κ2) is 5.85. The highest BCUT2D eigenvalue weighted by atomic mass is 19.1. The van der Waals surface area contributed by atoms with Crippen molar-refractivity contribution in [1.29, 1.82) is 0 Å². The monoisotopic (exact) mass is 250 g/mol. The van der Waals surface area contributed by atoms with Gasteiger partial charge in [0, 0.05) is 11.7 Å². The number of nitrogens with one attached hydrogen (secondary N) is 2. The van der Waals surface area contributed by atoms with Crippen molar-refractivity contribution < 1.29 is 9.18 Å². The van der Waals surface area contributed by atoms with E-state index in [1.807, 2.05) is 0 Å². The predicted octanol–water partition coefficient (Wildman–Crippen LogP) is 3.59. The lowest BCUT2D eigenvalue weighted by Crippen LogP contribution is -2.39. The summed E-state index contributed by atoms with van der Waals surface area (Å²) in [7, 11) is 0. The van der Waals surface area contributed by atoms with Crippen LogP contribution in [-0.4, -0.2) is 12.1 Å². The smallest absolute Gasteiger partial charge is 0.319 e. The molecule has 0 aromatic heterocycles. The van der Waals surface area contributed by atoms with Crippen molar-refractivity contribution in [3.63, 3.8) is 0 Å². The van der Waals surface area contributed by atoms with Gasteiger partial charge < -0.3 is 10.6 Å². The minimum atomic E-state index is -0.256. The van der Waals surface area contributed by atoms with Gasteiger partial charge in [0.1, 0.15) is 5.82 Å². The highest BCUT2D eigenvalue weighted by Crippen LogP contribution is 2.18. The van der Waals surface area contributed by atoms with Gasteiger partial charge in [-0.15, -0.1) is 0 Å². The molecule has 0 unspecified atom stereocenters. The zero-order valence-electron chi connectivity index (χ0n) is 10.6. The molecule has 2 rings (SSSR count). The van der Waals surface area contributed by atoms with Crippen molar-refractivity contribution in [3.05, 3.63) is 29.6 Å². The maximum absolute atomic E-state index is 13.1. The van der Waals surface area contributed by atoms with Crippen LogP contribution in [0.4, 0.5) is 14.9 Å². The van der Waals surface area contributed by atoms with Crippen LogP contribution in [0.15, 0.2) is 18.2 Å². The van der Waals surface area contributed by atoms with Crippen LogP contribution >= 0.6 is 0 Å². The first kappa shape index (κ1) is 12.9. The van der Waals surface area contributed by atoms with E-state index in [4.69, 9.17) is 0 Å². The molecule has 1 fully saturated rings. The predicted molar refractivity (Wildman–Crippen MR) is 70.2 cm³/mol. The number of amides is 2. The van der Waals surface area contributed by atoms with Gasteiger partial charge >= 0.3 is 6.03 Å². The number of rotatable bonds is 2. The Hall–Kier alpha value is -1.58. The molecular formula is C14H19FN2O. The maximum atomic E-state index is 13.1. The summed E-state index contributed by atoms with van der Waals surface area (Å²) < 4.78 is 13.1. The summed E-state index contributed by atoms with van der Waals surface area (Å²) in [5, 5.41) is 5.70. The number of halogens is 1. The minimum absolute atomic E-state index is 0.201. The van der Waals surface area contributed by atoms with Crippen molar-refractivity contribution in [2.75, 3.05) is 5.32 Å². The largest absolute Gasteiger partial charge is 0.335 e. The van der Waals surface area contributed by atoms with Crippen molar-refractivity contribution >= 4 is 11.7 Å². The molecule has 0 radical (unpaired) electrons. The molecule has 1 aromatic carbocycles. The summed E-state index contributed by atoms with van der Waals surface area (Å²) in [6.07, 6.45) is 5.73. The second-order valence-corrected chi connectivity index (χ2v) is 4.90. The molecular weight excluding hydrogens is 231 g/mol. The lowest BCUT2D eigenvalue weighted by molar-refractivity contribution is 0.244. The molecule has 18 heavy (non-hydrogen) atoms. The van der Waals surface area contributed by atoms with Gasteiger partial charge in [0.25, 0.3) is 0 Å². The van der Waals surface area contributed by atoms with Crippen LogP contribution in [-0.2, 0) is 0 Å². The molecule has 2 amide bonds. The summed E-state index contributed by atoms with van der Waals surface area (Å²) in [6.45, 7) is 1.68. The first-order valence-corrected chi connectivity index (χ1v) is 6.49. The van der Waals surface area contributed by atoms with Crippen LogP contribution in [0.1, 0.15) is 37.7 Å². The van der Waals surface area contributed by atoms with Crippen molar-refractivity contribution in [2.24, 2.45) is 0 Å². The fourth-order valence-corrected chi connectivity index (χ4v) is 2.32. The van der Waals surface area contributed by atoms with E-state index in [0.717, 1.165) is 12.8 Å². The number of carbonyl (C=O) groups excluding carboxylic acids is 1. The number of benzene rings is 1. The van der Waals surface area contributed by atoms with E-state index in [2.05, 4.69) is 10.6 Å². The molecule has 3 nitrogen and oxygen atoms in total. The SMILES string of the molecule is Cc1cc(NC(=O)NC2CCCCC2)ccc1F. The Bertz CT molecular complexity index is 428. The molecule has 0 aliphatic heterocycles. The number of hydrogen-bond acceptors (Lipinski definition) is 1. The van der Waals surface area contributed by atoms with E-state index in [1.54, 1.807) is 19.1 Å². The van der Waals surface area contributed by atoms with Gasteiger partial charge in [-0.2, -0.15) is 0 Å². The van der Waals surface area contributed by atoms with E-state index in [-0.39, 0.29) is 17.9 Å². The quantitative estimate of drug-likeness (QED) is 0.827. The van der Waals surface area contributed by atoms with Crippen LogP contribution in [0.3, 0.4) is 0 Å². The molecule has 0 saturated heterocycles. The number of aryl methyl sites for hydroxylation is 1. The zero-order valence-corrected chi connectivity index (χ0v) is 10.6. The molecule has 1 saturated carbocycles. The molecule has 2 N–H and O–H groups in total. The van der Waals surface area contributed by atoms with Crippen LogP contribution < -0.4 is 10.6 Å². The molecule has 1 aromatic rings. The zero-order chi connectivity index (χ0) is 13.0. The van der Waals surface area contributed by atoms with Gasteiger partial charge in [0.05, 0.1) is 0 Å². The van der Waals surface area contributed by atoms with Gasteiger partial charge in [-0.05, 0) is 43.5 Å². The van der Waals surface area contributed by atoms with Crippen LogP contribution in [0.5, 0.6) is 0 Å². The Balaban J connectivity index is 1.88. The number of carbonyl (C=O) groups is 1. The average molecular weight is 250 g/mol.